The third-order valence-corrected chi connectivity index (χ3v) is 6.87. The van der Waals surface area contributed by atoms with E-state index in [0.717, 1.165) is 4.31 Å². The van der Waals surface area contributed by atoms with Crippen molar-refractivity contribution in [3.05, 3.63) is 64.7 Å². The molecule has 0 atom stereocenters. The van der Waals surface area contributed by atoms with Gasteiger partial charge in [0, 0.05) is 24.7 Å². The van der Waals surface area contributed by atoms with Gasteiger partial charge in [0.05, 0.1) is 24.4 Å². The first kappa shape index (κ1) is 22.2. The Morgan fingerprint density at radius 1 is 1.07 bits per heavy atom. The van der Waals surface area contributed by atoms with Crippen molar-refractivity contribution >= 4 is 39.4 Å². The summed E-state index contributed by atoms with van der Waals surface area (Å²) in [7, 11) is -3.81. The van der Waals surface area contributed by atoms with E-state index in [1.807, 2.05) is 0 Å². The van der Waals surface area contributed by atoms with Gasteiger partial charge in [0.15, 0.2) is 0 Å². The van der Waals surface area contributed by atoms with E-state index in [9.17, 15) is 18.0 Å². The fraction of sp³-hybridized carbons (Fsp3) is 0.300. The Balaban J connectivity index is 1.67. The second-order valence-corrected chi connectivity index (χ2v) is 8.92. The molecule has 0 radical (unpaired) electrons. The number of carbonyl (C=O) groups is 2. The highest BCUT2D eigenvalue weighted by molar-refractivity contribution is 7.87. The van der Waals surface area contributed by atoms with Crippen LogP contribution in [0.25, 0.3) is 0 Å². The van der Waals surface area contributed by atoms with Crippen molar-refractivity contribution in [2.75, 3.05) is 31.6 Å². The van der Waals surface area contributed by atoms with E-state index in [4.69, 9.17) is 16.3 Å². The molecule has 2 aromatic rings. The highest BCUT2D eigenvalue weighted by Gasteiger charge is 2.37. The van der Waals surface area contributed by atoms with Crippen LogP contribution in [0.15, 0.2) is 48.5 Å². The highest BCUT2D eigenvalue weighted by Crippen LogP contribution is 2.23. The minimum Gasteiger partial charge on any atom is -0.462 e. The fourth-order valence-corrected chi connectivity index (χ4v) is 4.81. The molecule has 1 heterocycles. The molecule has 1 amide bonds. The first-order valence-corrected chi connectivity index (χ1v) is 11.1. The number of para-hydroxylation sites is 1. The zero-order chi connectivity index (χ0) is 21.7. The van der Waals surface area contributed by atoms with E-state index in [1.165, 1.54) is 10.4 Å². The molecule has 0 spiro atoms. The van der Waals surface area contributed by atoms with Crippen molar-refractivity contribution in [3.63, 3.8) is 0 Å². The number of hydrogen-bond acceptors (Lipinski definition) is 5. The first-order chi connectivity index (χ1) is 14.3. The van der Waals surface area contributed by atoms with Crippen LogP contribution in [0.4, 0.5) is 5.69 Å². The molecular formula is C20H22ClN3O5S. The maximum Gasteiger partial charge on any atom is 0.340 e. The maximum absolute atomic E-state index is 12.8. The first-order valence-electron chi connectivity index (χ1n) is 9.37. The zero-order valence-electron chi connectivity index (χ0n) is 16.4. The van der Waals surface area contributed by atoms with Gasteiger partial charge in [-0.25, -0.2) is 4.79 Å². The van der Waals surface area contributed by atoms with Crippen LogP contribution in [0.1, 0.15) is 22.8 Å². The number of ether oxygens (including phenoxy) is 1. The quantitative estimate of drug-likeness (QED) is 0.652. The molecule has 10 heteroatoms. The Bertz CT molecular complexity index is 1040. The molecule has 30 heavy (non-hydrogen) atoms. The van der Waals surface area contributed by atoms with E-state index in [2.05, 4.69) is 5.32 Å². The molecular weight excluding hydrogens is 430 g/mol. The molecule has 0 aromatic heterocycles. The van der Waals surface area contributed by atoms with Crippen LogP contribution >= 0.6 is 11.6 Å². The second kappa shape index (κ2) is 9.57. The van der Waals surface area contributed by atoms with Crippen molar-refractivity contribution < 1.29 is 22.7 Å². The summed E-state index contributed by atoms with van der Waals surface area (Å²) in [5.41, 5.74) is 1.17. The minimum atomic E-state index is -3.81. The molecule has 8 nitrogen and oxygen atoms in total. The summed E-state index contributed by atoms with van der Waals surface area (Å²) in [4.78, 5) is 24.5. The molecule has 1 aliphatic rings. The molecule has 0 aliphatic carbocycles. The lowest BCUT2D eigenvalue weighted by molar-refractivity contribution is -0.116. The van der Waals surface area contributed by atoms with Crippen molar-refractivity contribution in [1.82, 2.24) is 8.61 Å². The largest absolute Gasteiger partial charge is 0.462 e. The predicted octanol–water partition coefficient (Wildman–Crippen LogP) is 2.52. The average Bonchev–Trinajstić information content (AvgIpc) is 2.98. The van der Waals surface area contributed by atoms with Gasteiger partial charge >= 0.3 is 5.97 Å². The summed E-state index contributed by atoms with van der Waals surface area (Å²) in [6, 6.07) is 13.4. The molecule has 0 bridgehead atoms. The molecule has 1 N–H and O–H groups in total. The molecule has 2 aromatic carbocycles. The summed E-state index contributed by atoms with van der Waals surface area (Å²) >= 11 is 6.13. The van der Waals surface area contributed by atoms with Crippen LogP contribution in [-0.2, 0) is 26.3 Å². The van der Waals surface area contributed by atoms with Crippen molar-refractivity contribution in [2.45, 2.75) is 13.5 Å². The summed E-state index contributed by atoms with van der Waals surface area (Å²) in [6.45, 7) is 2.09. The molecule has 1 fully saturated rings. The number of benzene rings is 2. The zero-order valence-corrected chi connectivity index (χ0v) is 17.9. The number of nitrogens with zero attached hydrogens (tertiary/aromatic N) is 2. The summed E-state index contributed by atoms with van der Waals surface area (Å²) in [6.07, 6.45) is 0. The number of nitrogens with one attached hydrogen (secondary N) is 1. The molecule has 160 valence electrons. The maximum atomic E-state index is 12.8. The van der Waals surface area contributed by atoms with Crippen LogP contribution in [-0.4, -0.2) is 55.1 Å². The number of amides is 1. The van der Waals surface area contributed by atoms with Gasteiger partial charge in [-0.15, -0.1) is 0 Å². The molecule has 3 rings (SSSR count). The van der Waals surface area contributed by atoms with E-state index in [1.54, 1.807) is 49.4 Å². The van der Waals surface area contributed by atoms with Crippen LogP contribution < -0.4 is 5.32 Å². The van der Waals surface area contributed by atoms with Crippen LogP contribution in [0, 0.1) is 0 Å². The van der Waals surface area contributed by atoms with E-state index in [-0.39, 0.29) is 44.0 Å². The van der Waals surface area contributed by atoms with Gasteiger partial charge in [-0.3, -0.25) is 4.79 Å². The number of hydrogen-bond donors (Lipinski definition) is 1. The Hall–Kier alpha value is -2.46. The lowest BCUT2D eigenvalue weighted by Crippen LogP contribution is -2.38. The predicted molar refractivity (Wildman–Crippen MR) is 113 cm³/mol. The summed E-state index contributed by atoms with van der Waals surface area (Å²) < 4.78 is 33.0. The number of halogens is 1. The minimum absolute atomic E-state index is 0.131. The van der Waals surface area contributed by atoms with Gasteiger partial charge in [0.2, 0.25) is 5.91 Å². The van der Waals surface area contributed by atoms with Gasteiger partial charge in [-0.1, -0.05) is 41.9 Å². The Morgan fingerprint density at radius 3 is 2.47 bits per heavy atom. The highest BCUT2D eigenvalue weighted by atomic mass is 35.5. The second-order valence-electron chi connectivity index (χ2n) is 6.58. The molecule has 1 aliphatic heterocycles. The average molecular weight is 452 g/mol. The number of anilines is 1. The lowest BCUT2D eigenvalue weighted by atomic mass is 10.2. The van der Waals surface area contributed by atoms with Gasteiger partial charge < -0.3 is 10.1 Å². The third kappa shape index (κ3) is 4.99. The summed E-state index contributed by atoms with van der Waals surface area (Å²) in [5.74, 6) is -1.11. The summed E-state index contributed by atoms with van der Waals surface area (Å²) in [5, 5.41) is 3.09. The normalized spacial score (nSPS) is 16.3. The fourth-order valence-electron chi connectivity index (χ4n) is 3.08. The number of rotatable bonds is 7. The smallest absolute Gasteiger partial charge is 0.340 e. The van der Waals surface area contributed by atoms with Crippen molar-refractivity contribution in [1.29, 1.82) is 0 Å². The lowest BCUT2D eigenvalue weighted by Gasteiger charge is -2.19. The van der Waals surface area contributed by atoms with Crippen molar-refractivity contribution in [3.8, 4) is 0 Å². The van der Waals surface area contributed by atoms with Gasteiger partial charge in [0.1, 0.15) is 0 Å². The van der Waals surface area contributed by atoms with Crippen LogP contribution in [0.2, 0.25) is 5.02 Å². The molecule has 0 saturated carbocycles. The number of carbonyl (C=O) groups excluding carboxylic acids is 2. The van der Waals surface area contributed by atoms with E-state index < -0.39 is 22.1 Å². The van der Waals surface area contributed by atoms with Crippen molar-refractivity contribution in [2.24, 2.45) is 0 Å². The number of esters is 1. The molecule has 0 unspecified atom stereocenters. The third-order valence-electron chi connectivity index (χ3n) is 4.57. The Kier molecular flexibility index (Phi) is 7.09. The SMILES string of the molecule is CCOC(=O)c1ccccc1NC(=O)CN1CCN(Cc2ccccc2Cl)S1(=O)=O. The van der Waals surface area contributed by atoms with Crippen LogP contribution in [0.5, 0.6) is 0 Å². The standard InChI is InChI=1S/C20H22ClN3O5S/c1-2-29-20(26)16-8-4-6-10-18(16)22-19(25)14-24-12-11-23(30(24,27)28)13-15-7-3-5-9-17(15)21/h3-10H,2,11-14H2,1H3,(H,22,25). The van der Waals surface area contributed by atoms with Gasteiger partial charge in [-0.05, 0) is 30.7 Å². The van der Waals surface area contributed by atoms with E-state index in [0.29, 0.717) is 10.6 Å². The van der Waals surface area contributed by atoms with E-state index >= 15 is 0 Å². The van der Waals surface area contributed by atoms with Gasteiger partial charge in [-0.2, -0.15) is 17.0 Å². The topological polar surface area (TPSA) is 96.0 Å². The van der Waals surface area contributed by atoms with Gasteiger partial charge in [0.25, 0.3) is 10.2 Å². The molecule has 1 saturated heterocycles. The van der Waals surface area contributed by atoms with Crippen LogP contribution in [0.3, 0.4) is 0 Å². The Morgan fingerprint density at radius 2 is 1.73 bits per heavy atom. The Labute approximate surface area is 180 Å². The monoisotopic (exact) mass is 451 g/mol.